The van der Waals surface area contributed by atoms with Crippen molar-refractivity contribution >= 4 is 68.6 Å². The van der Waals surface area contributed by atoms with E-state index in [4.69, 9.17) is 16.0 Å². The molecule has 0 fully saturated rings. The summed E-state index contributed by atoms with van der Waals surface area (Å²) in [6.07, 6.45) is 0. The van der Waals surface area contributed by atoms with Gasteiger partial charge in [-0.05, 0) is 24.0 Å². The molecular formula is C13H11ClN4O2S3. The van der Waals surface area contributed by atoms with Crippen LogP contribution in [0.15, 0.2) is 32.2 Å². The van der Waals surface area contributed by atoms with Crippen LogP contribution in [0.3, 0.4) is 0 Å². The summed E-state index contributed by atoms with van der Waals surface area (Å²) in [5.74, 6) is 0.913. The van der Waals surface area contributed by atoms with Gasteiger partial charge in [0.1, 0.15) is 5.52 Å². The Morgan fingerprint density at radius 2 is 2.26 bits per heavy atom. The van der Waals surface area contributed by atoms with E-state index in [9.17, 15) is 4.79 Å². The first-order valence-corrected chi connectivity index (χ1v) is 9.75. The van der Waals surface area contributed by atoms with Crippen LogP contribution in [0, 0.1) is 0 Å². The average molecular weight is 387 g/mol. The van der Waals surface area contributed by atoms with E-state index >= 15 is 0 Å². The summed E-state index contributed by atoms with van der Waals surface area (Å²) < 4.78 is 6.38. The summed E-state index contributed by atoms with van der Waals surface area (Å²) in [5.41, 5.74) is 1.31. The molecule has 3 aromatic rings. The third kappa shape index (κ3) is 4.37. The average Bonchev–Trinajstić information content (AvgIpc) is 3.11. The van der Waals surface area contributed by atoms with Gasteiger partial charge in [-0.3, -0.25) is 10.1 Å². The number of nitrogens with one attached hydrogen (secondary N) is 1. The Morgan fingerprint density at radius 3 is 3.09 bits per heavy atom. The Labute approximate surface area is 149 Å². The minimum Gasteiger partial charge on any atom is -0.431 e. The van der Waals surface area contributed by atoms with Crippen LogP contribution < -0.4 is 5.32 Å². The zero-order valence-corrected chi connectivity index (χ0v) is 15.1. The van der Waals surface area contributed by atoms with Gasteiger partial charge in [0, 0.05) is 5.02 Å². The van der Waals surface area contributed by atoms with Crippen molar-refractivity contribution in [1.82, 2.24) is 15.2 Å². The standard InChI is InChI=1S/C13H11ClN4O2S3/c1-2-21-13-18-17-11(23-13)16-10(19)6-22-12-15-8-5-7(14)3-4-9(8)20-12/h3-5H,2,6H2,1H3,(H,16,17,19). The summed E-state index contributed by atoms with van der Waals surface area (Å²) >= 11 is 10.1. The molecule has 2 heterocycles. The molecule has 1 aromatic carbocycles. The van der Waals surface area contributed by atoms with E-state index in [2.05, 4.69) is 20.5 Å². The Hall–Kier alpha value is -1.29. The predicted octanol–water partition coefficient (Wildman–Crippen LogP) is 4.18. The molecule has 0 saturated carbocycles. The maximum atomic E-state index is 11.9. The number of carbonyl (C=O) groups excluding carboxylic acids is 1. The summed E-state index contributed by atoms with van der Waals surface area (Å²) in [7, 11) is 0. The first-order chi connectivity index (χ1) is 11.1. The van der Waals surface area contributed by atoms with Crippen LogP contribution >= 0.6 is 46.5 Å². The van der Waals surface area contributed by atoms with Gasteiger partial charge in [0.15, 0.2) is 9.92 Å². The highest BCUT2D eigenvalue weighted by atomic mass is 35.5. The lowest BCUT2D eigenvalue weighted by Crippen LogP contribution is -2.13. The molecule has 0 radical (unpaired) electrons. The SMILES string of the molecule is CCSc1nnc(NC(=O)CSc2nc3cc(Cl)ccc3o2)s1. The molecule has 0 spiro atoms. The lowest BCUT2D eigenvalue weighted by atomic mass is 10.3. The molecule has 120 valence electrons. The third-order valence-electron chi connectivity index (χ3n) is 2.58. The van der Waals surface area contributed by atoms with Crippen molar-refractivity contribution in [2.45, 2.75) is 16.5 Å². The van der Waals surface area contributed by atoms with E-state index in [0.29, 0.717) is 26.5 Å². The molecule has 23 heavy (non-hydrogen) atoms. The quantitative estimate of drug-likeness (QED) is 0.502. The highest BCUT2D eigenvalue weighted by Gasteiger charge is 2.12. The Bertz CT molecular complexity index is 836. The van der Waals surface area contributed by atoms with Crippen molar-refractivity contribution in [3.05, 3.63) is 23.2 Å². The largest absolute Gasteiger partial charge is 0.431 e. The smallest absolute Gasteiger partial charge is 0.257 e. The normalized spacial score (nSPS) is 11.0. The number of aromatic nitrogens is 3. The molecule has 6 nitrogen and oxygen atoms in total. The second kappa shape index (κ2) is 7.52. The fourth-order valence-corrected chi connectivity index (χ4v) is 4.14. The number of halogens is 1. The fourth-order valence-electron chi connectivity index (χ4n) is 1.67. The van der Waals surface area contributed by atoms with Crippen molar-refractivity contribution in [2.75, 3.05) is 16.8 Å². The van der Waals surface area contributed by atoms with Gasteiger partial charge in [-0.15, -0.1) is 10.2 Å². The van der Waals surface area contributed by atoms with Gasteiger partial charge in [-0.25, -0.2) is 4.98 Å². The predicted molar refractivity (Wildman–Crippen MR) is 94.7 cm³/mol. The van der Waals surface area contributed by atoms with Crippen molar-refractivity contribution < 1.29 is 9.21 Å². The molecule has 0 aliphatic heterocycles. The fraction of sp³-hybridized carbons (Fsp3) is 0.231. The minimum absolute atomic E-state index is 0.177. The first-order valence-electron chi connectivity index (χ1n) is 6.59. The number of hydrogen-bond acceptors (Lipinski definition) is 8. The number of carbonyl (C=O) groups is 1. The van der Waals surface area contributed by atoms with Crippen LogP contribution in [-0.4, -0.2) is 32.6 Å². The van der Waals surface area contributed by atoms with E-state index < -0.39 is 0 Å². The van der Waals surface area contributed by atoms with Crippen LogP contribution in [0.1, 0.15) is 6.92 Å². The maximum absolute atomic E-state index is 11.9. The molecule has 0 bridgehead atoms. The number of benzene rings is 1. The first kappa shape index (κ1) is 16.6. The lowest BCUT2D eigenvalue weighted by Gasteiger charge is -1.98. The van der Waals surface area contributed by atoms with Gasteiger partial charge in [-0.1, -0.05) is 53.4 Å². The number of nitrogens with zero attached hydrogens (tertiary/aromatic N) is 3. The van der Waals surface area contributed by atoms with Gasteiger partial charge in [0.25, 0.3) is 5.22 Å². The zero-order chi connectivity index (χ0) is 16.2. The van der Waals surface area contributed by atoms with E-state index in [1.807, 2.05) is 6.92 Å². The molecule has 0 atom stereocenters. The van der Waals surface area contributed by atoms with Crippen LogP contribution in [-0.2, 0) is 4.79 Å². The topological polar surface area (TPSA) is 80.9 Å². The van der Waals surface area contributed by atoms with E-state index in [1.54, 1.807) is 30.0 Å². The summed E-state index contributed by atoms with van der Waals surface area (Å²) in [5, 5.41) is 12.1. The lowest BCUT2D eigenvalue weighted by molar-refractivity contribution is -0.113. The van der Waals surface area contributed by atoms with Gasteiger partial charge >= 0.3 is 0 Å². The third-order valence-corrected chi connectivity index (χ3v) is 5.49. The van der Waals surface area contributed by atoms with Crippen LogP contribution in [0.5, 0.6) is 0 Å². The number of thioether (sulfide) groups is 2. The van der Waals surface area contributed by atoms with E-state index in [1.165, 1.54) is 23.1 Å². The Morgan fingerprint density at radius 1 is 1.39 bits per heavy atom. The molecule has 1 amide bonds. The molecule has 1 N–H and O–H groups in total. The molecule has 2 aromatic heterocycles. The molecule has 0 aliphatic rings. The molecular weight excluding hydrogens is 376 g/mol. The van der Waals surface area contributed by atoms with Crippen LogP contribution in [0.2, 0.25) is 5.02 Å². The Kier molecular flexibility index (Phi) is 5.42. The number of anilines is 1. The Balaban J connectivity index is 1.56. The van der Waals surface area contributed by atoms with E-state index in [-0.39, 0.29) is 11.7 Å². The maximum Gasteiger partial charge on any atom is 0.257 e. The van der Waals surface area contributed by atoms with Crippen molar-refractivity contribution in [3.63, 3.8) is 0 Å². The monoisotopic (exact) mass is 386 g/mol. The molecule has 0 aliphatic carbocycles. The second-order valence-electron chi connectivity index (χ2n) is 4.23. The summed E-state index contributed by atoms with van der Waals surface area (Å²) in [4.78, 5) is 16.2. The van der Waals surface area contributed by atoms with Crippen molar-refractivity contribution in [2.24, 2.45) is 0 Å². The van der Waals surface area contributed by atoms with Gasteiger partial charge < -0.3 is 4.42 Å². The summed E-state index contributed by atoms with van der Waals surface area (Å²) in [6, 6.07) is 5.21. The van der Waals surface area contributed by atoms with Gasteiger partial charge in [0.2, 0.25) is 11.0 Å². The van der Waals surface area contributed by atoms with Crippen molar-refractivity contribution in [1.29, 1.82) is 0 Å². The van der Waals surface area contributed by atoms with Crippen LogP contribution in [0.25, 0.3) is 11.1 Å². The van der Waals surface area contributed by atoms with Crippen LogP contribution in [0.4, 0.5) is 5.13 Å². The van der Waals surface area contributed by atoms with E-state index in [0.717, 1.165) is 10.1 Å². The number of fused-ring (bicyclic) bond motifs is 1. The number of hydrogen-bond donors (Lipinski definition) is 1. The summed E-state index contributed by atoms with van der Waals surface area (Å²) in [6.45, 7) is 2.04. The molecule has 10 heteroatoms. The second-order valence-corrected chi connectivity index (χ2v) is 8.09. The number of oxazole rings is 1. The highest BCUT2D eigenvalue weighted by Crippen LogP contribution is 2.27. The highest BCUT2D eigenvalue weighted by molar-refractivity contribution is 8.01. The molecule has 3 rings (SSSR count). The van der Waals surface area contributed by atoms with Gasteiger partial charge in [-0.2, -0.15) is 0 Å². The van der Waals surface area contributed by atoms with Gasteiger partial charge in [0.05, 0.1) is 5.75 Å². The zero-order valence-electron chi connectivity index (χ0n) is 11.9. The minimum atomic E-state index is -0.181. The van der Waals surface area contributed by atoms with Crippen molar-refractivity contribution in [3.8, 4) is 0 Å². The molecule has 0 saturated heterocycles. The molecule has 0 unspecified atom stereocenters. The number of amides is 1. The number of rotatable bonds is 6.